The van der Waals surface area contributed by atoms with Gasteiger partial charge < -0.3 is 5.32 Å². The van der Waals surface area contributed by atoms with Crippen LogP contribution in [0.3, 0.4) is 0 Å². The van der Waals surface area contributed by atoms with Crippen LogP contribution in [-0.4, -0.2) is 45.7 Å². The molecule has 1 aliphatic heterocycles. The molecule has 1 unspecified atom stereocenters. The average Bonchev–Trinajstić information content (AvgIpc) is 3.33. The second-order valence-electron chi connectivity index (χ2n) is 6.83. The van der Waals surface area contributed by atoms with Crippen LogP contribution in [0.4, 0.5) is 5.13 Å². The highest BCUT2D eigenvalue weighted by Gasteiger charge is 2.42. The Kier molecular flexibility index (Phi) is 6.41. The second kappa shape index (κ2) is 9.21. The second-order valence-corrected chi connectivity index (χ2v) is 9.08. The van der Waals surface area contributed by atoms with Gasteiger partial charge in [-0.1, -0.05) is 41.9 Å². The number of rotatable bonds is 7. The van der Waals surface area contributed by atoms with E-state index in [1.54, 1.807) is 47.5 Å². The monoisotopic (exact) mass is 471 g/mol. The zero-order valence-corrected chi connectivity index (χ0v) is 18.9. The number of halogens is 1. The molecule has 0 bridgehead atoms. The van der Waals surface area contributed by atoms with Gasteiger partial charge in [0.15, 0.2) is 5.13 Å². The number of benzene rings is 2. The predicted octanol–water partition coefficient (Wildman–Crippen LogP) is 4.82. The van der Waals surface area contributed by atoms with Crippen LogP contribution in [0, 0.1) is 0 Å². The van der Waals surface area contributed by atoms with E-state index in [0.717, 1.165) is 10.5 Å². The van der Waals surface area contributed by atoms with Crippen molar-refractivity contribution in [3.05, 3.63) is 70.1 Å². The van der Waals surface area contributed by atoms with Crippen molar-refractivity contribution in [3.63, 3.8) is 0 Å². The molecule has 3 amide bonds. The molecule has 6 nitrogen and oxygen atoms in total. The molecule has 9 heteroatoms. The Bertz CT molecular complexity index is 1130. The Morgan fingerprint density at radius 3 is 2.32 bits per heavy atom. The molecule has 158 valence electrons. The maximum Gasteiger partial charge on any atom is 0.262 e. The topological polar surface area (TPSA) is 79.4 Å². The van der Waals surface area contributed by atoms with Crippen LogP contribution < -0.4 is 5.32 Å². The number of anilines is 1. The maximum absolute atomic E-state index is 13.1. The molecule has 0 spiro atoms. The first kappa shape index (κ1) is 21.5. The molecule has 0 radical (unpaired) electrons. The van der Waals surface area contributed by atoms with Gasteiger partial charge in [-0.05, 0) is 36.6 Å². The molecule has 0 saturated heterocycles. The van der Waals surface area contributed by atoms with Gasteiger partial charge in [0, 0.05) is 16.0 Å². The Morgan fingerprint density at radius 2 is 1.71 bits per heavy atom. The molecule has 0 aliphatic carbocycles. The van der Waals surface area contributed by atoms with E-state index in [9.17, 15) is 14.4 Å². The first-order valence-electron chi connectivity index (χ1n) is 9.48. The number of carbonyl (C=O) groups excluding carboxylic acids is 3. The highest BCUT2D eigenvalue weighted by molar-refractivity contribution is 7.98. The molecule has 1 aliphatic rings. The number of hydrogen-bond donors (Lipinski definition) is 1. The van der Waals surface area contributed by atoms with Gasteiger partial charge in [-0.15, -0.1) is 11.3 Å². The number of thioether (sulfide) groups is 1. The first-order chi connectivity index (χ1) is 15.0. The summed E-state index contributed by atoms with van der Waals surface area (Å²) in [5.74, 6) is -0.715. The van der Waals surface area contributed by atoms with Gasteiger partial charge in [0.05, 0.1) is 16.8 Å². The molecule has 1 aromatic heterocycles. The van der Waals surface area contributed by atoms with Gasteiger partial charge in [-0.25, -0.2) is 4.98 Å². The number of fused-ring (bicyclic) bond motifs is 1. The average molecular weight is 472 g/mol. The van der Waals surface area contributed by atoms with Crippen LogP contribution in [0.1, 0.15) is 27.1 Å². The quantitative estimate of drug-likeness (QED) is 0.500. The number of amides is 3. The van der Waals surface area contributed by atoms with E-state index in [-0.39, 0.29) is 0 Å². The van der Waals surface area contributed by atoms with Crippen LogP contribution in [-0.2, 0) is 4.79 Å². The minimum absolute atomic E-state index is 0.324. The third-order valence-electron chi connectivity index (χ3n) is 4.92. The van der Waals surface area contributed by atoms with Gasteiger partial charge in [0.1, 0.15) is 6.04 Å². The Hall–Kier alpha value is -2.68. The Labute approximate surface area is 192 Å². The highest BCUT2D eigenvalue weighted by atomic mass is 35.5. The van der Waals surface area contributed by atoms with Crippen molar-refractivity contribution in [2.45, 2.75) is 12.5 Å². The fourth-order valence-electron chi connectivity index (χ4n) is 3.41. The molecule has 4 rings (SSSR count). The van der Waals surface area contributed by atoms with E-state index in [1.165, 1.54) is 11.3 Å². The minimum atomic E-state index is -0.924. The molecule has 2 aromatic carbocycles. The normalized spacial score (nSPS) is 13.9. The number of carbonyl (C=O) groups is 3. The van der Waals surface area contributed by atoms with Gasteiger partial charge in [-0.2, -0.15) is 11.8 Å². The van der Waals surface area contributed by atoms with E-state index < -0.39 is 23.8 Å². The van der Waals surface area contributed by atoms with Crippen molar-refractivity contribution in [1.82, 2.24) is 9.88 Å². The van der Waals surface area contributed by atoms with Gasteiger partial charge in [-0.3, -0.25) is 19.3 Å². The summed E-state index contributed by atoms with van der Waals surface area (Å²) in [5, 5.41) is 5.52. The summed E-state index contributed by atoms with van der Waals surface area (Å²) in [6.07, 6.45) is 2.26. The summed E-state index contributed by atoms with van der Waals surface area (Å²) >= 11 is 9.04. The molecule has 31 heavy (non-hydrogen) atoms. The molecular formula is C22H18ClN3O3S2. The summed E-state index contributed by atoms with van der Waals surface area (Å²) in [4.78, 5) is 44.4. The third-order valence-corrected chi connectivity index (χ3v) is 6.65. The zero-order valence-electron chi connectivity index (χ0n) is 16.5. The molecule has 1 atom stereocenters. The highest BCUT2D eigenvalue weighted by Crippen LogP contribution is 2.31. The number of nitrogens with zero attached hydrogens (tertiary/aromatic N) is 2. The Morgan fingerprint density at radius 1 is 1.10 bits per heavy atom. The fourth-order valence-corrected chi connectivity index (χ4v) is 4.82. The summed E-state index contributed by atoms with van der Waals surface area (Å²) in [6.45, 7) is 0. The smallest absolute Gasteiger partial charge is 0.262 e. The van der Waals surface area contributed by atoms with Crippen molar-refractivity contribution < 1.29 is 14.4 Å². The van der Waals surface area contributed by atoms with E-state index in [2.05, 4.69) is 10.3 Å². The zero-order chi connectivity index (χ0) is 22.0. The van der Waals surface area contributed by atoms with Gasteiger partial charge in [0.2, 0.25) is 5.91 Å². The molecule has 2 heterocycles. The number of imide groups is 1. The molecule has 0 saturated carbocycles. The largest absolute Gasteiger partial charge is 0.300 e. The first-order valence-corrected chi connectivity index (χ1v) is 12.1. The lowest BCUT2D eigenvalue weighted by atomic mass is 10.1. The van der Waals surface area contributed by atoms with Crippen molar-refractivity contribution >= 4 is 57.6 Å². The molecule has 1 N–H and O–H groups in total. The lowest BCUT2D eigenvalue weighted by molar-refractivity contribution is -0.120. The van der Waals surface area contributed by atoms with Crippen molar-refractivity contribution in [2.75, 3.05) is 17.3 Å². The van der Waals surface area contributed by atoms with Crippen molar-refractivity contribution in [2.24, 2.45) is 0 Å². The van der Waals surface area contributed by atoms with E-state index >= 15 is 0 Å². The minimum Gasteiger partial charge on any atom is -0.300 e. The summed E-state index contributed by atoms with van der Waals surface area (Å²) < 4.78 is 0. The molecule has 3 aromatic rings. The van der Waals surface area contributed by atoms with Gasteiger partial charge in [0.25, 0.3) is 11.8 Å². The molecular weight excluding hydrogens is 454 g/mol. The number of thiazole rings is 1. The standard InChI is InChI=1S/C22H18ClN3O3S2/c1-30-11-10-18(26-20(28)13-6-2-3-7-14(13)21(26)29)19(27)25-22-24-17(12-31-22)15-8-4-5-9-16(15)23/h2-9,12,18H,10-11H2,1H3,(H,24,25,27). The van der Waals surface area contributed by atoms with Crippen molar-refractivity contribution in [1.29, 1.82) is 0 Å². The Balaban J connectivity index is 1.57. The van der Waals surface area contributed by atoms with Crippen molar-refractivity contribution in [3.8, 4) is 11.3 Å². The van der Waals surface area contributed by atoms with Gasteiger partial charge >= 0.3 is 0 Å². The van der Waals surface area contributed by atoms with Crippen LogP contribution in [0.25, 0.3) is 11.3 Å². The van der Waals surface area contributed by atoms with E-state index in [0.29, 0.717) is 39.1 Å². The fraction of sp³-hybridized carbons (Fsp3) is 0.182. The maximum atomic E-state index is 13.1. The predicted molar refractivity (Wildman–Crippen MR) is 125 cm³/mol. The van der Waals surface area contributed by atoms with Crippen LogP contribution in [0.5, 0.6) is 0 Å². The number of hydrogen-bond acceptors (Lipinski definition) is 6. The summed E-state index contributed by atoms with van der Waals surface area (Å²) in [5.41, 5.74) is 2.06. The lowest BCUT2D eigenvalue weighted by Gasteiger charge is -2.24. The van der Waals surface area contributed by atoms with E-state index in [4.69, 9.17) is 11.6 Å². The molecule has 0 fully saturated rings. The number of aromatic nitrogens is 1. The van der Waals surface area contributed by atoms with Crippen LogP contribution >= 0.6 is 34.7 Å². The third kappa shape index (κ3) is 4.23. The van der Waals surface area contributed by atoms with Crippen LogP contribution in [0.15, 0.2) is 53.9 Å². The lowest BCUT2D eigenvalue weighted by Crippen LogP contribution is -2.47. The summed E-state index contributed by atoms with van der Waals surface area (Å²) in [6, 6.07) is 13.0. The van der Waals surface area contributed by atoms with Crippen LogP contribution in [0.2, 0.25) is 5.02 Å². The number of nitrogens with one attached hydrogen (secondary N) is 1. The van der Waals surface area contributed by atoms with E-state index in [1.807, 2.05) is 24.5 Å². The summed E-state index contributed by atoms with van der Waals surface area (Å²) in [7, 11) is 0. The SMILES string of the molecule is CSCCC(C(=O)Nc1nc(-c2ccccc2Cl)cs1)N1C(=O)c2ccccc2C1=O.